The largest absolute Gasteiger partial charge is 0.396 e. The number of hydrogen-bond acceptors (Lipinski definition) is 2. The van der Waals surface area contributed by atoms with E-state index in [9.17, 15) is 0 Å². The number of nitrogens with one attached hydrogen (secondary N) is 1. The Hall–Kier alpha value is -0.280. The maximum Gasteiger partial charge on any atom is 0.0445 e. The molecule has 2 N–H and O–H groups in total. The lowest BCUT2D eigenvalue weighted by atomic mass is 10.1. The van der Waals surface area contributed by atoms with Crippen molar-refractivity contribution < 1.29 is 5.11 Å². The first kappa shape index (κ1) is 13.8. The smallest absolute Gasteiger partial charge is 0.0445 e. The normalized spacial score (nSPS) is 12.8. The van der Waals surface area contributed by atoms with Crippen LogP contribution in [0.4, 0.5) is 0 Å². The van der Waals surface area contributed by atoms with Gasteiger partial charge in [0.15, 0.2) is 0 Å². The number of halogens is 2. The van der Waals surface area contributed by atoms with E-state index in [0.717, 1.165) is 24.9 Å². The Balaban J connectivity index is 2.52. The highest BCUT2D eigenvalue weighted by atomic mass is 35.5. The highest BCUT2D eigenvalue weighted by Gasteiger charge is 2.05. The number of benzene rings is 1. The molecule has 0 bridgehead atoms. The van der Waals surface area contributed by atoms with E-state index in [4.69, 9.17) is 28.3 Å². The molecular weight excluding hydrogens is 245 g/mol. The van der Waals surface area contributed by atoms with Gasteiger partial charge in [0.1, 0.15) is 0 Å². The van der Waals surface area contributed by atoms with Gasteiger partial charge in [0.25, 0.3) is 0 Å². The molecule has 0 aliphatic rings. The first-order valence-electron chi connectivity index (χ1n) is 5.45. The van der Waals surface area contributed by atoms with Gasteiger partial charge in [-0.25, -0.2) is 0 Å². The van der Waals surface area contributed by atoms with Gasteiger partial charge < -0.3 is 10.4 Å². The summed E-state index contributed by atoms with van der Waals surface area (Å²) in [6.45, 7) is 3.03. The fourth-order valence-corrected chi connectivity index (χ4v) is 2.15. The van der Waals surface area contributed by atoms with Crippen molar-refractivity contribution in [2.75, 3.05) is 6.61 Å². The summed E-state index contributed by atoms with van der Waals surface area (Å²) in [5.41, 5.74) is 1.06. The number of aliphatic hydroxyl groups excluding tert-OH is 1. The monoisotopic (exact) mass is 261 g/mol. The molecule has 0 aromatic heterocycles. The zero-order valence-electron chi connectivity index (χ0n) is 9.34. The summed E-state index contributed by atoms with van der Waals surface area (Å²) in [6.07, 6.45) is 1.76. The van der Waals surface area contributed by atoms with Crippen LogP contribution in [0.1, 0.15) is 25.3 Å². The van der Waals surface area contributed by atoms with E-state index < -0.39 is 0 Å². The number of hydrogen-bond donors (Lipinski definition) is 2. The minimum Gasteiger partial charge on any atom is -0.396 e. The first-order valence-corrected chi connectivity index (χ1v) is 6.20. The standard InChI is InChI=1S/C12H17Cl2NO/c1-2-12(3-4-16)15-8-9-5-10(13)7-11(14)6-9/h5-7,12,15-16H,2-4,8H2,1H3. The minimum atomic E-state index is 0.210. The predicted molar refractivity (Wildman–Crippen MR) is 69.1 cm³/mol. The minimum absolute atomic E-state index is 0.210. The molecule has 0 heterocycles. The second-order valence-corrected chi connectivity index (χ2v) is 4.65. The molecule has 4 heteroatoms. The van der Waals surface area contributed by atoms with Gasteiger partial charge in [-0.1, -0.05) is 30.1 Å². The molecule has 1 aromatic carbocycles. The number of aliphatic hydroxyl groups is 1. The van der Waals surface area contributed by atoms with Crippen LogP contribution in [0.2, 0.25) is 10.0 Å². The van der Waals surface area contributed by atoms with Crippen molar-refractivity contribution in [3.8, 4) is 0 Å². The lowest BCUT2D eigenvalue weighted by Gasteiger charge is -2.15. The molecule has 16 heavy (non-hydrogen) atoms. The average molecular weight is 262 g/mol. The van der Waals surface area contributed by atoms with Gasteiger partial charge in [-0.05, 0) is 36.6 Å². The summed E-state index contributed by atoms with van der Waals surface area (Å²) in [6, 6.07) is 5.85. The summed E-state index contributed by atoms with van der Waals surface area (Å²) in [4.78, 5) is 0. The highest BCUT2D eigenvalue weighted by Crippen LogP contribution is 2.19. The quantitative estimate of drug-likeness (QED) is 0.824. The molecule has 1 atom stereocenters. The fourth-order valence-electron chi connectivity index (χ4n) is 1.58. The second kappa shape index (κ2) is 7.13. The van der Waals surface area contributed by atoms with Gasteiger partial charge in [0.2, 0.25) is 0 Å². The molecule has 0 saturated heterocycles. The van der Waals surface area contributed by atoms with Gasteiger partial charge in [-0.15, -0.1) is 0 Å². The Morgan fingerprint density at radius 3 is 2.38 bits per heavy atom. The van der Waals surface area contributed by atoms with Crippen molar-refractivity contribution in [1.29, 1.82) is 0 Å². The lowest BCUT2D eigenvalue weighted by Crippen LogP contribution is -2.28. The average Bonchev–Trinajstić information content (AvgIpc) is 2.23. The fraction of sp³-hybridized carbons (Fsp3) is 0.500. The molecule has 0 aliphatic heterocycles. The lowest BCUT2D eigenvalue weighted by molar-refractivity contribution is 0.262. The van der Waals surface area contributed by atoms with Crippen molar-refractivity contribution in [2.45, 2.75) is 32.4 Å². The molecule has 0 fully saturated rings. The van der Waals surface area contributed by atoms with Gasteiger partial charge in [-0.3, -0.25) is 0 Å². The van der Waals surface area contributed by atoms with Gasteiger partial charge in [-0.2, -0.15) is 0 Å². The molecule has 1 rings (SSSR count). The second-order valence-electron chi connectivity index (χ2n) is 3.78. The van der Waals surface area contributed by atoms with E-state index in [1.165, 1.54) is 0 Å². The van der Waals surface area contributed by atoms with Gasteiger partial charge in [0.05, 0.1) is 0 Å². The van der Waals surface area contributed by atoms with Gasteiger partial charge in [0, 0.05) is 29.2 Å². The van der Waals surface area contributed by atoms with Crippen LogP contribution < -0.4 is 5.32 Å². The maximum absolute atomic E-state index is 8.87. The predicted octanol–water partition coefficient (Wildman–Crippen LogP) is 3.24. The Labute approximate surface area is 107 Å². The summed E-state index contributed by atoms with van der Waals surface area (Å²) in [7, 11) is 0. The molecule has 0 saturated carbocycles. The molecule has 0 aliphatic carbocycles. The van der Waals surface area contributed by atoms with Crippen LogP contribution in [-0.4, -0.2) is 17.8 Å². The number of rotatable bonds is 6. The van der Waals surface area contributed by atoms with E-state index in [0.29, 0.717) is 16.1 Å². The molecule has 1 unspecified atom stereocenters. The summed E-state index contributed by atoms with van der Waals surface area (Å²) in [5.74, 6) is 0. The van der Waals surface area contributed by atoms with E-state index in [-0.39, 0.29) is 6.61 Å². The van der Waals surface area contributed by atoms with E-state index in [2.05, 4.69) is 12.2 Å². The third-order valence-corrected chi connectivity index (χ3v) is 2.92. The molecule has 2 nitrogen and oxygen atoms in total. The molecule has 0 radical (unpaired) electrons. The molecule has 90 valence electrons. The van der Waals surface area contributed by atoms with Crippen LogP contribution >= 0.6 is 23.2 Å². The summed E-state index contributed by atoms with van der Waals surface area (Å²) >= 11 is 11.8. The van der Waals surface area contributed by atoms with Crippen molar-refractivity contribution in [2.24, 2.45) is 0 Å². The van der Waals surface area contributed by atoms with Crippen molar-refractivity contribution >= 4 is 23.2 Å². The van der Waals surface area contributed by atoms with Crippen molar-refractivity contribution in [3.63, 3.8) is 0 Å². The zero-order chi connectivity index (χ0) is 12.0. The molecule has 0 spiro atoms. The first-order chi connectivity index (χ1) is 7.65. The van der Waals surface area contributed by atoms with Gasteiger partial charge >= 0.3 is 0 Å². The van der Waals surface area contributed by atoms with Crippen LogP contribution in [-0.2, 0) is 6.54 Å². The third kappa shape index (κ3) is 4.71. The Morgan fingerprint density at radius 1 is 1.25 bits per heavy atom. The third-order valence-electron chi connectivity index (χ3n) is 2.49. The Bertz CT molecular complexity index is 311. The Kier molecular flexibility index (Phi) is 6.14. The molecule has 0 amide bonds. The molecule has 1 aromatic rings. The summed E-state index contributed by atoms with van der Waals surface area (Å²) in [5, 5.41) is 13.5. The maximum atomic E-state index is 8.87. The van der Waals surface area contributed by atoms with Crippen molar-refractivity contribution in [1.82, 2.24) is 5.32 Å². The topological polar surface area (TPSA) is 32.3 Å². The van der Waals surface area contributed by atoms with E-state index in [1.54, 1.807) is 6.07 Å². The van der Waals surface area contributed by atoms with Crippen LogP contribution in [0.3, 0.4) is 0 Å². The Morgan fingerprint density at radius 2 is 1.88 bits per heavy atom. The SMILES string of the molecule is CCC(CCO)NCc1cc(Cl)cc(Cl)c1. The van der Waals surface area contributed by atoms with Crippen molar-refractivity contribution in [3.05, 3.63) is 33.8 Å². The van der Waals surface area contributed by atoms with E-state index >= 15 is 0 Å². The van der Waals surface area contributed by atoms with Crippen LogP contribution in [0, 0.1) is 0 Å². The van der Waals surface area contributed by atoms with Crippen LogP contribution in [0.5, 0.6) is 0 Å². The van der Waals surface area contributed by atoms with E-state index in [1.807, 2.05) is 12.1 Å². The summed E-state index contributed by atoms with van der Waals surface area (Å²) < 4.78 is 0. The molecular formula is C12H17Cl2NO. The highest BCUT2D eigenvalue weighted by molar-refractivity contribution is 6.34. The zero-order valence-corrected chi connectivity index (χ0v) is 10.9. The van der Waals surface area contributed by atoms with Crippen LogP contribution in [0.25, 0.3) is 0 Å². The van der Waals surface area contributed by atoms with Crippen LogP contribution in [0.15, 0.2) is 18.2 Å².